The summed E-state index contributed by atoms with van der Waals surface area (Å²) in [6.45, 7) is 1.94. The third-order valence-electron chi connectivity index (χ3n) is 5.80. The number of carbonyl (C=O) groups excluding carboxylic acids is 1. The molecule has 3 aromatic rings. The summed E-state index contributed by atoms with van der Waals surface area (Å²) in [7, 11) is 0. The number of hydrogen-bond acceptors (Lipinski definition) is 6. The Hall–Kier alpha value is -2.42. The molecule has 2 aromatic heterocycles. The Morgan fingerprint density at radius 3 is 2.62 bits per heavy atom. The molecule has 32 heavy (non-hydrogen) atoms. The maximum Gasteiger partial charge on any atom is 0.266 e. The van der Waals surface area contributed by atoms with Gasteiger partial charge in [0.05, 0.1) is 10.5 Å². The molecule has 0 spiro atoms. The van der Waals surface area contributed by atoms with Gasteiger partial charge in [0.1, 0.15) is 15.0 Å². The largest absolute Gasteiger partial charge is 0.290 e. The van der Waals surface area contributed by atoms with Crippen LogP contribution in [0.5, 0.6) is 0 Å². The summed E-state index contributed by atoms with van der Waals surface area (Å²) >= 11 is 8.24. The molecular weight excluding hydrogens is 458 g/mol. The standard InChI is InChI=1S/C24H21N3O2S3/c1-15-8-7-13-26-20(15)25-21(31-17-11-3-2-4-12-17)18(22(26)28)14-19-23(29)27(24(30)32-19)16-9-5-6-10-16/h2-4,7-8,11-14,16H,5-6,9-10H2,1H3. The third-order valence-corrected chi connectivity index (χ3v) is 8.14. The maximum absolute atomic E-state index is 13.5. The Balaban J connectivity index is 1.63. The molecule has 1 aliphatic carbocycles. The second-order valence-corrected chi connectivity index (χ2v) is 10.7. The van der Waals surface area contributed by atoms with Gasteiger partial charge in [0.2, 0.25) is 0 Å². The van der Waals surface area contributed by atoms with Crippen LogP contribution < -0.4 is 5.56 Å². The molecule has 2 fully saturated rings. The molecular formula is C24H21N3O2S3. The highest BCUT2D eigenvalue weighted by Gasteiger charge is 2.38. The quantitative estimate of drug-likeness (QED) is 0.288. The van der Waals surface area contributed by atoms with E-state index in [4.69, 9.17) is 17.2 Å². The topological polar surface area (TPSA) is 54.7 Å². The van der Waals surface area contributed by atoms with Crippen LogP contribution in [-0.2, 0) is 4.79 Å². The Morgan fingerprint density at radius 2 is 1.88 bits per heavy atom. The first-order valence-corrected chi connectivity index (χ1v) is 12.6. The van der Waals surface area contributed by atoms with Crippen LogP contribution in [0.4, 0.5) is 0 Å². The summed E-state index contributed by atoms with van der Waals surface area (Å²) < 4.78 is 2.13. The molecule has 0 atom stereocenters. The zero-order valence-corrected chi connectivity index (χ0v) is 19.9. The van der Waals surface area contributed by atoms with Gasteiger partial charge < -0.3 is 0 Å². The van der Waals surface area contributed by atoms with Crippen molar-refractivity contribution in [2.45, 2.75) is 48.6 Å². The molecule has 1 amide bonds. The summed E-state index contributed by atoms with van der Waals surface area (Å²) in [5.41, 5.74) is 1.75. The number of benzene rings is 1. The first-order valence-electron chi connectivity index (χ1n) is 10.5. The molecule has 2 aliphatic rings. The fourth-order valence-corrected chi connectivity index (χ4v) is 6.47. The van der Waals surface area contributed by atoms with Crippen molar-refractivity contribution < 1.29 is 4.79 Å². The fraction of sp³-hybridized carbons (Fsp3) is 0.250. The van der Waals surface area contributed by atoms with Crippen LogP contribution in [0.3, 0.4) is 0 Å². The Kier molecular flexibility index (Phi) is 5.92. The van der Waals surface area contributed by atoms with Gasteiger partial charge in [-0.25, -0.2) is 4.98 Å². The normalized spacial score (nSPS) is 18.4. The van der Waals surface area contributed by atoms with Crippen molar-refractivity contribution in [2.75, 3.05) is 0 Å². The molecule has 3 heterocycles. The predicted molar refractivity (Wildman–Crippen MR) is 134 cm³/mol. The molecule has 162 valence electrons. The Bertz CT molecular complexity index is 1310. The number of thioether (sulfide) groups is 1. The highest BCUT2D eigenvalue weighted by Crippen LogP contribution is 2.38. The number of amides is 1. The van der Waals surface area contributed by atoms with Gasteiger partial charge in [0.15, 0.2) is 0 Å². The highest BCUT2D eigenvalue weighted by atomic mass is 32.2. The lowest BCUT2D eigenvalue weighted by Gasteiger charge is -2.21. The molecule has 0 unspecified atom stereocenters. The molecule has 0 radical (unpaired) electrons. The van der Waals surface area contributed by atoms with Crippen LogP contribution in [0.15, 0.2) is 68.3 Å². The van der Waals surface area contributed by atoms with Crippen LogP contribution in [0.2, 0.25) is 0 Å². The summed E-state index contributed by atoms with van der Waals surface area (Å²) in [5.74, 6) is -0.101. The number of aryl methyl sites for hydroxylation is 1. The minimum Gasteiger partial charge on any atom is -0.290 e. The molecule has 5 rings (SSSR count). The van der Waals surface area contributed by atoms with Crippen LogP contribution in [0, 0.1) is 6.92 Å². The van der Waals surface area contributed by atoms with Gasteiger partial charge in [-0.05, 0) is 49.6 Å². The number of thiocarbonyl (C=S) groups is 1. The molecule has 5 nitrogen and oxygen atoms in total. The van der Waals surface area contributed by atoms with Gasteiger partial charge in [0.25, 0.3) is 11.5 Å². The van der Waals surface area contributed by atoms with Gasteiger partial charge in [-0.2, -0.15) is 0 Å². The fourth-order valence-electron chi connectivity index (χ4n) is 4.18. The van der Waals surface area contributed by atoms with Crippen LogP contribution in [-0.4, -0.2) is 30.6 Å². The van der Waals surface area contributed by atoms with E-state index >= 15 is 0 Å². The van der Waals surface area contributed by atoms with E-state index in [-0.39, 0.29) is 17.5 Å². The number of rotatable bonds is 4. The smallest absolute Gasteiger partial charge is 0.266 e. The van der Waals surface area contributed by atoms with E-state index in [1.165, 1.54) is 23.5 Å². The lowest BCUT2D eigenvalue weighted by molar-refractivity contribution is -0.123. The van der Waals surface area contributed by atoms with E-state index in [1.54, 1.807) is 21.6 Å². The SMILES string of the molecule is Cc1cccn2c(=O)c(C=C3SC(=S)N(C4CCCC4)C3=O)c(Sc3ccccc3)nc12. The number of fused-ring (bicyclic) bond motifs is 1. The second-order valence-electron chi connectivity index (χ2n) is 7.93. The molecule has 8 heteroatoms. The van der Waals surface area contributed by atoms with Crippen molar-refractivity contribution in [2.24, 2.45) is 0 Å². The summed E-state index contributed by atoms with van der Waals surface area (Å²) in [4.78, 5) is 34.8. The van der Waals surface area contributed by atoms with Crippen LogP contribution >= 0.6 is 35.7 Å². The van der Waals surface area contributed by atoms with Crippen molar-refractivity contribution in [3.05, 3.63) is 75.0 Å². The summed E-state index contributed by atoms with van der Waals surface area (Å²) in [5, 5.41) is 0.585. The zero-order valence-electron chi connectivity index (χ0n) is 17.5. The minimum atomic E-state index is -0.191. The van der Waals surface area contributed by atoms with Crippen LogP contribution in [0.1, 0.15) is 36.8 Å². The van der Waals surface area contributed by atoms with Gasteiger partial charge in [-0.1, -0.05) is 72.8 Å². The van der Waals surface area contributed by atoms with E-state index in [2.05, 4.69) is 0 Å². The first kappa shape index (κ1) is 21.4. The number of hydrogen-bond donors (Lipinski definition) is 0. The van der Waals surface area contributed by atoms with Crippen molar-refractivity contribution in [3.63, 3.8) is 0 Å². The van der Waals surface area contributed by atoms with E-state index in [0.29, 0.717) is 25.5 Å². The number of nitrogens with zero attached hydrogens (tertiary/aromatic N) is 3. The molecule has 0 N–H and O–H groups in total. The van der Waals surface area contributed by atoms with Crippen molar-refractivity contribution in [1.29, 1.82) is 0 Å². The van der Waals surface area contributed by atoms with E-state index < -0.39 is 0 Å². The van der Waals surface area contributed by atoms with E-state index in [9.17, 15) is 9.59 Å². The summed E-state index contributed by atoms with van der Waals surface area (Å²) in [6, 6.07) is 13.8. The first-order chi connectivity index (χ1) is 15.5. The van der Waals surface area contributed by atoms with E-state index in [1.807, 2.05) is 49.4 Å². The third kappa shape index (κ3) is 3.91. The van der Waals surface area contributed by atoms with Crippen molar-refractivity contribution >= 4 is 57.7 Å². The second kappa shape index (κ2) is 8.84. The van der Waals surface area contributed by atoms with Gasteiger partial charge >= 0.3 is 0 Å². The highest BCUT2D eigenvalue weighted by molar-refractivity contribution is 8.26. The minimum absolute atomic E-state index is 0.101. The van der Waals surface area contributed by atoms with Crippen molar-refractivity contribution in [1.82, 2.24) is 14.3 Å². The number of pyridine rings is 1. The molecule has 1 saturated carbocycles. The zero-order chi connectivity index (χ0) is 22.2. The number of carbonyl (C=O) groups is 1. The maximum atomic E-state index is 13.5. The van der Waals surface area contributed by atoms with Crippen molar-refractivity contribution in [3.8, 4) is 0 Å². The Morgan fingerprint density at radius 1 is 1.12 bits per heavy atom. The monoisotopic (exact) mass is 479 g/mol. The lowest BCUT2D eigenvalue weighted by Crippen LogP contribution is -2.36. The van der Waals surface area contributed by atoms with E-state index in [0.717, 1.165) is 36.1 Å². The average molecular weight is 480 g/mol. The Labute approximate surface area is 199 Å². The number of aromatic nitrogens is 2. The van der Waals surface area contributed by atoms with Crippen LogP contribution in [0.25, 0.3) is 11.7 Å². The lowest BCUT2D eigenvalue weighted by atomic mass is 10.2. The molecule has 1 saturated heterocycles. The van der Waals surface area contributed by atoms with Gasteiger partial charge in [-0.15, -0.1) is 0 Å². The molecule has 1 aliphatic heterocycles. The summed E-state index contributed by atoms with van der Waals surface area (Å²) in [6.07, 6.45) is 7.60. The van der Waals surface area contributed by atoms with Gasteiger partial charge in [-0.3, -0.25) is 18.9 Å². The predicted octanol–water partition coefficient (Wildman–Crippen LogP) is 5.30. The molecule has 0 bridgehead atoms. The van der Waals surface area contributed by atoms with Gasteiger partial charge in [0, 0.05) is 17.1 Å². The molecule has 1 aromatic carbocycles. The average Bonchev–Trinajstić information content (AvgIpc) is 3.40.